The number of methoxy groups -OCH3 is 1. The van der Waals surface area contributed by atoms with Crippen molar-refractivity contribution >= 4 is 22.5 Å². The second-order valence-electron chi connectivity index (χ2n) is 5.85. The fourth-order valence-corrected chi connectivity index (χ4v) is 2.97. The molecule has 116 valence electrons. The predicted octanol–water partition coefficient (Wildman–Crippen LogP) is 2.70. The minimum absolute atomic E-state index is 0.0301. The Labute approximate surface area is 129 Å². The van der Waals surface area contributed by atoms with E-state index in [1.165, 1.54) is 0 Å². The molecule has 0 saturated heterocycles. The van der Waals surface area contributed by atoms with Crippen molar-refractivity contribution in [3.63, 3.8) is 0 Å². The van der Waals surface area contributed by atoms with Crippen LogP contribution in [0.2, 0.25) is 0 Å². The number of hydrogen-bond donors (Lipinski definition) is 2. The average Bonchev–Trinajstić information content (AvgIpc) is 2.55. The first-order chi connectivity index (χ1) is 10.7. The minimum Gasteiger partial charge on any atom is -0.497 e. The Bertz CT molecular complexity index is 679. The third kappa shape index (κ3) is 3.04. The fraction of sp³-hybridized carbons (Fsp3) is 0.412. The molecule has 1 aliphatic carbocycles. The molecule has 1 aromatic heterocycles. The van der Waals surface area contributed by atoms with Crippen molar-refractivity contribution in [2.45, 2.75) is 31.7 Å². The third-order valence-electron chi connectivity index (χ3n) is 4.36. The molecule has 1 fully saturated rings. The smallest absolute Gasteiger partial charge is 0.228 e. The summed E-state index contributed by atoms with van der Waals surface area (Å²) in [6.45, 7) is 0. The zero-order chi connectivity index (χ0) is 15.5. The number of nitrogens with zero attached hydrogens (tertiary/aromatic N) is 1. The normalized spacial score (nSPS) is 21.5. The molecule has 1 heterocycles. The van der Waals surface area contributed by atoms with E-state index in [1.54, 1.807) is 13.3 Å². The summed E-state index contributed by atoms with van der Waals surface area (Å²) in [4.78, 5) is 16.8. The lowest BCUT2D eigenvalue weighted by Gasteiger charge is -2.25. The van der Waals surface area contributed by atoms with Crippen LogP contribution >= 0.6 is 0 Å². The van der Waals surface area contributed by atoms with Gasteiger partial charge in [-0.15, -0.1) is 0 Å². The summed E-state index contributed by atoms with van der Waals surface area (Å²) in [6.07, 6.45) is 5.23. The number of aromatic nitrogens is 1. The maximum Gasteiger partial charge on any atom is 0.228 e. The quantitative estimate of drug-likeness (QED) is 0.913. The van der Waals surface area contributed by atoms with E-state index in [1.807, 2.05) is 24.3 Å². The number of ether oxygens (including phenoxy) is 1. The van der Waals surface area contributed by atoms with Crippen LogP contribution in [0.4, 0.5) is 5.82 Å². The Morgan fingerprint density at radius 1 is 1.27 bits per heavy atom. The molecule has 0 atom stereocenters. The highest BCUT2D eigenvalue weighted by atomic mass is 16.5. The number of pyridine rings is 1. The molecule has 3 rings (SSSR count). The number of benzene rings is 1. The Kier molecular flexibility index (Phi) is 4.24. The first-order valence-electron chi connectivity index (χ1n) is 7.66. The highest BCUT2D eigenvalue weighted by molar-refractivity contribution is 6.01. The van der Waals surface area contributed by atoms with Crippen molar-refractivity contribution in [3.8, 4) is 5.75 Å². The maximum absolute atomic E-state index is 12.4. The molecule has 3 N–H and O–H groups in total. The van der Waals surface area contributed by atoms with Gasteiger partial charge >= 0.3 is 0 Å². The van der Waals surface area contributed by atoms with Crippen LogP contribution in [0, 0.1) is 5.92 Å². The molecule has 1 saturated carbocycles. The van der Waals surface area contributed by atoms with E-state index in [0.29, 0.717) is 5.82 Å². The van der Waals surface area contributed by atoms with E-state index in [0.717, 1.165) is 42.2 Å². The molecule has 22 heavy (non-hydrogen) atoms. The monoisotopic (exact) mass is 299 g/mol. The van der Waals surface area contributed by atoms with Crippen molar-refractivity contribution in [2.24, 2.45) is 11.7 Å². The molecule has 2 aromatic rings. The van der Waals surface area contributed by atoms with Crippen molar-refractivity contribution in [2.75, 3.05) is 12.4 Å². The van der Waals surface area contributed by atoms with Crippen molar-refractivity contribution in [3.05, 3.63) is 30.5 Å². The molecule has 0 radical (unpaired) electrons. The first-order valence-corrected chi connectivity index (χ1v) is 7.66. The topological polar surface area (TPSA) is 77.2 Å². The van der Waals surface area contributed by atoms with Crippen molar-refractivity contribution in [1.82, 2.24) is 4.98 Å². The van der Waals surface area contributed by atoms with Gasteiger partial charge in [0.2, 0.25) is 5.91 Å². The summed E-state index contributed by atoms with van der Waals surface area (Å²) in [5.41, 5.74) is 5.90. The number of amides is 1. The number of nitrogens with two attached hydrogens (primary N) is 1. The minimum atomic E-state index is 0.0301. The summed E-state index contributed by atoms with van der Waals surface area (Å²) in [6, 6.07) is 7.92. The highest BCUT2D eigenvalue weighted by Crippen LogP contribution is 2.28. The van der Waals surface area contributed by atoms with Gasteiger partial charge < -0.3 is 15.8 Å². The van der Waals surface area contributed by atoms with Gasteiger partial charge in [0.05, 0.1) is 7.11 Å². The lowest BCUT2D eigenvalue weighted by molar-refractivity contribution is -0.120. The molecule has 5 heteroatoms. The number of fused-ring (bicyclic) bond motifs is 1. The molecule has 1 aromatic carbocycles. The molecule has 1 aliphatic rings. The second kappa shape index (κ2) is 6.32. The van der Waals surface area contributed by atoms with Crippen LogP contribution in [0.15, 0.2) is 30.5 Å². The van der Waals surface area contributed by atoms with Crippen LogP contribution in [-0.4, -0.2) is 24.0 Å². The number of carbonyl (C=O) groups excluding carboxylic acids is 1. The maximum atomic E-state index is 12.4. The van der Waals surface area contributed by atoms with Crippen LogP contribution in [0.25, 0.3) is 10.8 Å². The zero-order valence-corrected chi connectivity index (χ0v) is 12.7. The molecule has 0 aliphatic heterocycles. The Morgan fingerprint density at radius 3 is 2.77 bits per heavy atom. The summed E-state index contributed by atoms with van der Waals surface area (Å²) in [5, 5.41) is 4.89. The van der Waals surface area contributed by atoms with E-state index < -0.39 is 0 Å². The lowest BCUT2D eigenvalue weighted by atomic mass is 9.86. The summed E-state index contributed by atoms with van der Waals surface area (Å²) < 4.78 is 5.26. The van der Waals surface area contributed by atoms with Crippen LogP contribution < -0.4 is 15.8 Å². The van der Waals surface area contributed by atoms with Crippen LogP contribution in [-0.2, 0) is 4.79 Å². The first kappa shape index (κ1) is 14.8. The molecule has 0 spiro atoms. The predicted molar refractivity (Wildman–Crippen MR) is 86.9 cm³/mol. The molecular weight excluding hydrogens is 278 g/mol. The highest BCUT2D eigenvalue weighted by Gasteiger charge is 2.25. The van der Waals surface area contributed by atoms with Gasteiger partial charge in [-0.3, -0.25) is 4.79 Å². The Balaban J connectivity index is 1.82. The largest absolute Gasteiger partial charge is 0.497 e. The van der Waals surface area contributed by atoms with E-state index in [-0.39, 0.29) is 17.9 Å². The van der Waals surface area contributed by atoms with Gasteiger partial charge in [0.25, 0.3) is 0 Å². The van der Waals surface area contributed by atoms with E-state index >= 15 is 0 Å². The average molecular weight is 299 g/mol. The van der Waals surface area contributed by atoms with Gasteiger partial charge in [0, 0.05) is 23.5 Å². The SMILES string of the molecule is COc1ccc2ccnc(NC(=O)C3CCC(N)CC3)c2c1. The second-order valence-corrected chi connectivity index (χ2v) is 5.85. The summed E-state index contributed by atoms with van der Waals surface area (Å²) >= 11 is 0. The van der Waals surface area contributed by atoms with Crippen LogP contribution in [0.1, 0.15) is 25.7 Å². The van der Waals surface area contributed by atoms with Crippen LogP contribution in [0.5, 0.6) is 5.75 Å². The Hall–Kier alpha value is -2.14. The zero-order valence-electron chi connectivity index (χ0n) is 12.7. The Morgan fingerprint density at radius 2 is 2.05 bits per heavy atom. The summed E-state index contributed by atoms with van der Waals surface area (Å²) in [7, 11) is 1.63. The van der Waals surface area contributed by atoms with Gasteiger partial charge in [-0.05, 0) is 49.3 Å². The molecule has 1 amide bonds. The van der Waals surface area contributed by atoms with Crippen LogP contribution in [0.3, 0.4) is 0 Å². The van der Waals surface area contributed by atoms with Gasteiger partial charge in [-0.25, -0.2) is 4.98 Å². The molecular formula is C17H21N3O2. The number of nitrogens with one attached hydrogen (secondary N) is 1. The summed E-state index contributed by atoms with van der Waals surface area (Å²) in [5.74, 6) is 1.41. The molecule has 5 nitrogen and oxygen atoms in total. The number of carbonyl (C=O) groups is 1. The number of rotatable bonds is 3. The van der Waals surface area contributed by atoms with E-state index in [4.69, 9.17) is 10.5 Å². The van der Waals surface area contributed by atoms with Gasteiger partial charge in [0.1, 0.15) is 11.6 Å². The third-order valence-corrected chi connectivity index (χ3v) is 4.36. The van der Waals surface area contributed by atoms with Crippen molar-refractivity contribution < 1.29 is 9.53 Å². The fourth-order valence-electron chi connectivity index (χ4n) is 2.97. The number of hydrogen-bond acceptors (Lipinski definition) is 4. The van der Waals surface area contributed by atoms with E-state index in [2.05, 4.69) is 10.3 Å². The molecule has 0 bridgehead atoms. The van der Waals surface area contributed by atoms with Crippen molar-refractivity contribution in [1.29, 1.82) is 0 Å². The van der Waals surface area contributed by atoms with Gasteiger partial charge in [0.15, 0.2) is 0 Å². The van der Waals surface area contributed by atoms with E-state index in [9.17, 15) is 4.79 Å². The lowest BCUT2D eigenvalue weighted by Crippen LogP contribution is -2.32. The number of anilines is 1. The standard InChI is InChI=1S/C17H21N3O2/c1-22-14-7-4-11-8-9-19-16(15(11)10-14)20-17(21)12-2-5-13(18)6-3-12/h4,7-10,12-13H,2-3,5-6,18H2,1H3,(H,19,20,21). The van der Waals surface area contributed by atoms with Gasteiger partial charge in [-0.1, -0.05) is 6.07 Å². The van der Waals surface area contributed by atoms with Gasteiger partial charge in [-0.2, -0.15) is 0 Å². The molecule has 0 unspecified atom stereocenters.